The SMILES string of the molecule is O=C(O)Cn1c(/C=C/c2ccc(Br)cc2)nc2ccccc2c1=O. The smallest absolute Gasteiger partial charge is 0.323 e. The third kappa shape index (κ3) is 3.44. The van der Waals surface area contributed by atoms with E-state index < -0.39 is 12.5 Å². The summed E-state index contributed by atoms with van der Waals surface area (Å²) < 4.78 is 2.13. The van der Waals surface area contributed by atoms with Crippen molar-refractivity contribution in [2.45, 2.75) is 6.54 Å². The molecule has 0 atom stereocenters. The van der Waals surface area contributed by atoms with Crippen molar-refractivity contribution >= 4 is 45.0 Å². The number of para-hydroxylation sites is 1. The number of carbonyl (C=O) groups is 1. The third-order valence-electron chi connectivity index (χ3n) is 3.48. The lowest BCUT2D eigenvalue weighted by molar-refractivity contribution is -0.137. The van der Waals surface area contributed by atoms with Crippen LogP contribution in [0.5, 0.6) is 0 Å². The molecule has 5 nitrogen and oxygen atoms in total. The summed E-state index contributed by atoms with van der Waals surface area (Å²) in [6.45, 7) is -0.434. The monoisotopic (exact) mass is 384 g/mol. The molecule has 0 saturated carbocycles. The second-order valence-electron chi connectivity index (χ2n) is 5.16. The summed E-state index contributed by atoms with van der Waals surface area (Å²) in [6.07, 6.45) is 3.45. The van der Waals surface area contributed by atoms with Crippen LogP contribution in [0.25, 0.3) is 23.1 Å². The maximum absolute atomic E-state index is 12.6. The Hall–Kier alpha value is -2.73. The first-order chi connectivity index (χ1) is 11.5. The van der Waals surface area contributed by atoms with E-state index in [-0.39, 0.29) is 5.56 Å². The predicted molar refractivity (Wildman–Crippen MR) is 96.7 cm³/mol. The molecule has 0 saturated heterocycles. The first kappa shape index (κ1) is 16.1. The molecule has 120 valence electrons. The standard InChI is InChI=1S/C18H13BrN2O3/c19-13-8-5-12(6-9-13)7-10-16-20-15-4-2-1-3-14(15)18(24)21(16)11-17(22)23/h1-10H,11H2,(H,22,23)/b10-7+. The van der Waals surface area contributed by atoms with Crippen LogP contribution in [-0.4, -0.2) is 20.6 Å². The minimum absolute atomic E-state index is 0.309. The molecule has 2 aromatic carbocycles. The Morgan fingerprint density at radius 2 is 1.83 bits per heavy atom. The quantitative estimate of drug-likeness (QED) is 0.747. The van der Waals surface area contributed by atoms with Crippen molar-refractivity contribution in [2.24, 2.45) is 0 Å². The highest BCUT2D eigenvalue weighted by atomic mass is 79.9. The van der Waals surface area contributed by atoms with Gasteiger partial charge in [-0.2, -0.15) is 0 Å². The summed E-state index contributed by atoms with van der Waals surface area (Å²) in [5.74, 6) is -0.781. The van der Waals surface area contributed by atoms with Gasteiger partial charge in [0.05, 0.1) is 10.9 Å². The molecule has 1 aromatic heterocycles. The summed E-state index contributed by atoms with van der Waals surface area (Å²) in [5.41, 5.74) is 1.10. The number of carboxylic acids is 1. The van der Waals surface area contributed by atoms with E-state index in [1.807, 2.05) is 24.3 Å². The lowest BCUT2D eigenvalue weighted by Gasteiger charge is -2.08. The summed E-state index contributed by atoms with van der Waals surface area (Å²) in [6, 6.07) is 14.5. The number of hydrogen-bond donors (Lipinski definition) is 1. The Bertz CT molecular complexity index is 991. The van der Waals surface area contributed by atoms with Crippen molar-refractivity contribution in [3.05, 3.63) is 74.7 Å². The molecule has 0 fully saturated rings. The molecule has 0 aliphatic rings. The highest BCUT2D eigenvalue weighted by Gasteiger charge is 2.11. The predicted octanol–water partition coefficient (Wildman–Crippen LogP) is 3.41. The number of aliphatic carboxylic acids is 1. The molecule has 0 amide bonds. The molecule has 3 rings (SSSR count). The fourth-order valence-electron chi connectivity index (χ4n) is 2.35. The number of carboxylic acid groups (broad SMARTS) is 1. The molecule has 0 bridgehead atoms. The average molecular weight is 385 g/mol. The van der Waals surface area contributed by atoms with E-state index in [1.54, 1.807) is 36.4 Å². The molecule has 3 aromatic rings. The van der Waals surface area contributed by atoms with Gasteiger partial charge in [0.2, 0.25) is 0 Å². The summed E-state index contributed by atoms with van der Waals surface area (Å²) in [7, 11) is 0. The fourth-order valence-corrected chi connectivity index (χ4v) is 2.61. The van der Waals surface area contributed by atoms with Gasteiger partial charge in [-0.3, -0.25) is 14.2 Å². The van der Waals surface area contributed by atoms with E-state index in [2.05, 4.69) is 20.9 Å². The van der Waals surface area contributed by atoms with Gasteiger partial charge in [0.15, 0.2) is 0 Å². The Morgan fingerprint density at radius 1 is 1.12 bits per heavy atom. The van der Waals surface area contributed by atoms with Gasteiger partial charge in [0, 0.05) is 4.47 Å². The zero-order valence-electron chi connectivity index (χ0n) is 12.5. The lowest BCUT2D eigenvalue weighted by atomic mass is 10.2. The zero-order chi connectivity index (χ0) is 17.1. The van der Waals surface area contributed by atoms with Crippen molar-refractivity contribution in [3.63, 3.8) is 0 Å². The molecule has 0 aliphatic carbocycles. The van der Waals surface area contributed by atoms with E-state index >= 15 is 0 Å². The molecule has 1 N–H and O–H groups in total. The van der Waals surface area contributed by atoms with Crippen LogP contribution in [0.15, 0.2) is 57.8 Å². The van der Waals surface area contributed by atoms with E-state index in [4.69, 9.17) is 5.11 Å². The molecule has 0 aliphatic heterocycles. The van der Waals surface area contributed by atoms with E-state index in [0.717, 1.165) is 10.0 Å². The van der Waals surface area contributed by atoms with Gasteiger partial charge in [-0.15, -0.1) is 0 Å². The van der Waals surface area contributed by atoms with Crippen LogP contribution in [-0.2, 0) is 11.3 Å². The summed E-state index contributed by atoms with van der Waals surface area (Å²) >= 11 is 3.37. The van der Waals surface area contributed by atoms with Crippen LogP contribution in [0, 0.1) is 0 Å². The Kier molecular flexibility index (Phi) is 4.57. The van der Waals surface area contributed by atoms with Crippen LogP contribution in [0.2, 0.25) is 0 Å². The number of fused-ring (bicyclic) bond motifs is 1. The molecule has 6 heteroatoms. The fraction of sp³-hybridized carbons (Fsp3) is 0.0556. The number of nitrogens with zero attached hydrogens (tertiary/aromatic N) is 2. The molecular weight excluding hydrogens is 372 g/mol. The maximum atomic E-state index is 12.6. The van der Waals surface area contributed by atoms with Crippen LogP contribution >= 0.6 is 15.9 Å². The van der Waals surface area contributed by atoms with Crippen LogP contribution in [0.4, 0.5) is 0 Å². The zero-order valence-corrected chi connectivity index (χ0v) is 14.1. The Labute approximate surface area is 146 Å². The second kappa shape index (κ2) is 6.80. The summed E-state index contributed by atoms with van der Waals surface area (Å²) in [4.78, 5) is 28.1. The van der Waals surface area contributed by atoms with Crippen LogP contribution in [0.1, 0.15) is 11.4 Å². The molecular formula is C18H13BrN2O3. The van der Waals surface area contributed by atoms with Gasteiger partial charge in [-0.05, 0) is 35.9 Å². The van der Waals surface area contributed by atoms with Crippen LogP contribution in [0.3, 0.4) is 0 Å². The van der Waals surface area contributed by atoms with Gasteiger partial charge in [-0.1, -0.05) is 46.3 Å². The first-order valence-corrected chi connectivity index (χ1v) is 7.99. The highest BCUT2D eigenvalue weighted by Crippen LogP contribution is 2.14. The Balaban J connectivity index is 2.12. The number of hydrogen-bond acceptors (Lipinski definition) is 3. The average Bonchev–Trinajstić information content (AvgIpc) is 2.57. The number of rotatable bonds is 4. The Morgan fingerprint density at radius 3 is 2.54 bits per heavy atom. The van der Waals surface area contributed by atoms with E-state index in [1.165, 1.54) is 4.57 Å². The van der Waals surface area contributed by atoms with Crippen molar-refractivity contribution in [1.82, 2.24) is 9.55 Å². The van der Waals surface area contributed by atoms with Gasteiger partial charge in [0.25, 0.3) is 5.56 Å². The minimum Gasteiger partial charge on any atom is -0.480 e. The third-order valence-corrected chi connectivity index (χ3v) is 4.01. The van der Waals surface area contributed by atoms with Gasteiger partial charge >= 0.3 is 5.97 Å². The van der Waals surface area contributed by atoms with Gasteiger partial charge in [-0.25, -0.2) is 4.98 Å². The molecule has 24 heavy (non-hydrogen) atoms. The first-order valence-electron chi connectivity index (χ1n) is 7.19. The number of halogens is 1. The van der Waals surface area contributed by atoms with Gasteiger partial charge < -0.3 is 5.11 Å². The normalized spacial score (nSPS) is 11.2. The molecule has 1 heterocycles. The lowest BCUT2D eigenvalue weighted by Crippen LogP contribution is -2.27. The maximum Gasteiger partial charge on any atom is 0.323 e. The number of aromatic nitrogens is 2. The topological polar surface area (TPSA) is 72.2 Å². The van der Waals surface area contributed by atoms with Crippen molar-refractivity contribution in [3.8, 4) is 0 Å². The van der Waals surface area contributed by atoms with Crippen molar-refractivity contribution in [1.29, 1.82) is 0 Å². The van der Waals surface area contributed by atoms with Crippen molar-refractivity contribution < 1.29 is 9.90 Å². The molecule has 0 spiro atoms. The second-order valence-corrected chi connectivity index (χ2v) is 6.07. The molecule has 0 radical (unpaired) electrons. The summed E-state index contributed by atoms with van der Waals surface area (Å²) in [5, 5.41) is 9.49. The van der Waals surface area contributed by atoms with Crippen LogP contribution < -0.4 is 5.56 Å². The van der Waals surface area contributed by atoms with Gasteiger partial charge in [0.1, 0.15) is 12.4 Å². The van der Waals surface area contributed by atoms with E-state index in [0.29, 0.717) is 16.7 Å². The largest absolute Gasteiger partial charge is 0.480 e. The van der Waals surface area contributed by atoms with E-state index in [9.17, 15) is 9.59 Å². The molecule has 0 unspecified atom stereocenters. The minimum atomic E-state index is -1.09. The van der Waals surface area contributed by atoms with Crippen molar-refractivity contribution in [2.75, 3.05) is 0 Å². The highest BCUT2D eigenvalue weighted by molar-refractivity contribution is 9.10. The number of benzene rings is 2.